The predicted molar refractivity (Wildman–Crippen MR) is 111 cm³/mol. The first kappa shape index (κ1) is 20.1. The molecule has 0 unspecified atom stereocenters. The number of rotatable bonds is 6. The molecule has 2 aromatic rings. The van der Waals surface area contributed by atoms with Crippen molar-refractivity contribution in [3.8, 4) is 0 Å². The Bertz CT molecular complexity index is 939. The summed E-state index contributed by atoms with van der Waals surface area (Å²) in [5, 5.41) is 2.76. The number of carbonyl (C=O) groups excluding carboxylic acids is 2. The van der Waals surface area contributed by atoms with Crippen LogP contribution in [0.2, 0.25) is 0 Å². The first-order chi connectivity index (χ1) is 13.3. The molecule has 3 rings (SSSR count). The van der Waals surface area contributed by atoms with Crippen molar-refractivity contribution >= 4 is 17.4 Å². The summed E-state index contributed by atoms with van der Waals surface area (Å²) < 4.78 is 0. The number of aryl methyl sites for hydroxylation is 1. The zero-order chi connectivity index (χ0) is 20.3. The second-order valence-electron chi connectivity index (χ2n) is 8.45. The summed E-state index contributed by atoms with van der Waals surface area (Å²) in [7, 11) is 0. The van der Waals surface area contributed by atoms with Crippen LogP contribution < -0.4 is 10.9 Å². The van der Waals surface area contributed by atoms with E-state index in [1.54, 1.807) is 0 Å². The van der Waals surface area contributed by atoms with Crippen LogP contribution in [-0.4, -0.2) is 16.7 Å². The summed E-state index contributed by atoms with van der Waals surface area (Å²) in [4.78, 5) is 40.2. The quantitative estimate of drug-likeness (QED) is 0.724. The summed E-state index contributed by atoms with van der Waals surface area (Å²) in [6.07, 6.45) is 5.58. The van der Waals surface area contributed by atoms with Crippen LogP contribution in [0.1, 0.15) is 78.4 Å². The average Bonchev–Trinajstić information content (AvgIpc) is 2.61. The Morgan fingerprint density at radius 1 is 1.11 bits per heavy atom. The van der Waals surface area contributed by atoms with Crippen molar-refractivity contribution in [2.75, 3.05) is 5.32 Å². The van der Waals surface area contributed by atoms with Crippen molar-refractivity contribution in [3.63, 3.8) is 0 Å². The highest BCUT2D eigenvalue weighted by Gasteiger charge is 2.32. The Balaban J connectivity index is 1.75. The number of Topliss-reactive ketones (excluding diaryl/α,β-unsaturated/α-hetero) is 1. The Labute approximate surface area is 165 Å². The molecule has 5 nitrogen and oxygen atoms in total. The first-order valence-electron chi connectivity index (χ1n) is 9.99. The number of carbonyl (C=O) groups is 2. The normalized spacial score (nSPS) is 15.2. The molecule has 0 saturated carbocycles. The maximum absolute atomic E-state index is 12.6. The molecule has 1 aliphatic rings. The number of hydrogen-bond donors (Lipinski definition) is 2. The van der Waals surface area contributed by atoms with Gasteiger partial charge in [-0.25, -0.2) is 0 Å². The monoisotopic (exact) mass is 380 g/mol. The molecule has 2 N–H and O–H groups in total. The van der Waals surface area contributed by atoms with E-state index >= 15 is 0 Å². The van der Waals surface area contributed by atoms with Gasteiger partial charge in [0.05, 0.1) is 0 Å². The molecule has 148 valence electrons. The molecule has 0 atom stereocenters. The number of H-pyrrole nitrogens is 1. The molecule has 0 fully saturated rings. The highest BCUT2D eigenvalue weighted by atomic mass is 16.2. The van der Waals surface area contributed by atoms with E-state index in [0.29, 0.717) is 29.8 Å². The number of hydrogen-bond acceptors (Lipinski definition) is 3. The van der Waals surface area contributed by atoms with E-state index in [1.165, 1.54) is 24.5 Å². The van der Waals surface area contributed by atoms with Crippen LogP contribution >= 0.6 is 0 Å². The lowest BCUT2D eigenvalue weighted by molar-refractivity contribution is 0.0910. The molecule has 28 heavy (non-hydrogen) atoms. The van der Waals surface area contributed by atoms with Gasteiger partial charge in [-0.15, -0.1) is 0 Å². The van der Waals surface area contributed by atoms with Crippen molar-refractivity contribution in [1.82, 2.24) is 4.98 Å². The van der Waals surface area contributed by atoms with Crippen LogP contribution in [0.25, 0.3) is 0 Å². The van der Waals surface area contributed by atoms with E-state index in [1.807, 2.05) is 38.1 Å². The van der Waals surface area contributed by atoms with Crippen LogP contribution in [0.15, 0.2) is 35.1 Å². The molecule has 1 heterocycles. The fourth-order valence-electron chi connectivity index (χ4n) is 3.73. The topological polar surface area (TPSA) is 79.0 Å². The summed E-state index contributed by atoms with van der Waals surface area (Å²) in [6.45, 7) is 6.17. The van der Waals surface area contributed by atoms with Crippen molar-refractivity contribution in [3.05, 3.63) is 63.1 Å². The van der Waals surface area contributed by atoms with E-state index in [4.69, 9.17) is 0 Å². The Morgan fingerprint density at radius 3 is 2.50 bits per heavy atom. The fourth-order valence-corrected chi connectivity index (χ4v) is 3.73. The number of pyridine rings is 1. The highest BCUT2D eigenvalue weighted by molar-refractivity contribution is 6.06. The molecule has 0 bridgehead atoms. The van der Waals surface area contributed by atoms with E-state index in [9.17, 15) is 14.4 Å². The third kappa shape index (κ3) is 4.58. The van der Waals surface area contributed by atoms with Gasteiger partial charge in [0.15, 0.2) is 5.78 Å². The van der Waals surface area contributed by atoms with E-state index < -0.39 is 11.5 Å². The number of ketones is 1. The maximum atomic E-state index is 12.6. The molecule has 0 aliphatic heterocycles. The molecular formula is C23H28N2O3. The second-order valence-corrected chi connectivity index (χ2v) is 8.45. The van der Waals surface area contributed by atoms with Crippen molar-refractivity contribution < 1.29 is 9.59 Å². The maximum Gasteiger partial charge on any atom is 0.261 e. The van der Waals surface area contributed by atoms with Gasteiger partial charge in [-0.3, -0.25) is 14.4 Å². The van der Waals surface area contributed by atoms with Crippen LogP contribution in [0.5, 0.6) is 0 Å². The van der Waals surface area contributed by atoms with Gasteiger partial charge in [-0.2, -0.15) is 0 Å². The van der Waals surface area contributed by atoms with Gasteiger partial charge in [-0.05, 0) is 48.4 Å². The number of benzene rings is 1. The minimum atomic E-state index is -0.500. The van der Waals surface area contributed by atoms with Gasteiger partial charge < -0.3 is 10.3 Å². The number of aromatic amines is 1. The third-order valence-corrected chi connectivity index (χ3v) is 5.24. The van der Waals surface area contributed by atoms with Gasteiger partial charge >= 0.3 is 0 Å². The lowest BCUT2D eigenvalue weighted by Gasteiger charge is -2.29. The number of anilines is 1. The number of fused-ring (bicyclic) bond motifs is 1. The van der Waals surface area contributed by atoms with Crippen LogP contribution in [0.3, 0.4) is 0 Å². The lowest BCUT2D eigenvalue weighted by atomic mass is 9.75. The van der Waals surface area contributed by atoms with Crippen molar-refractivity contribution in [1.29, 1.82) is 0 Å². The standard InChI is InChI=1S/C23H28N2O3/c1-4-5-6-7-15-8-10-16(11-9-15)24-21(27)18-12-17-19(25-22(18)28)13-23(2,3)14-20(17)26/h8-12H,4-7,13-14H2,1-3H3,(H,24,27)(H,25,28). The first-order valence-corrected chi connectivity index (χ1v) is 9.99. The zero-order valence-corrected chi connectivity index (χ0v) is 16.9. The van der Waals surface area contributed by atoms with E-state index in [-0.39, 0.29) is 16.8 Å². The molecule has 0 saturated heterocycles. The average molecular weight is 380 g/mol. The van der Waals surface area contributed by atoms with Gasteiger partial charge in [0, 0.05) is 23.4 Å². The third-order valence-electron chi connectivity index (χ3n) is 5.24. The molecule has 1 aromatic heterocycles. The fraction of sp³-hybridized carbons (Fsp3) is 0.435. The smallest absolute Gasteiger partial charge is 0.261 e. The Hall–Kier alpha value is -2.69. The van der Waals surface area contributed by atoms with Gasteiger partial charge in [0.25, 0.3) is 11.5 Å². The van der Waals surface area contributed by atoms with Crippen molar-refractivity contribution in [2.24, 2.45) is 5.41 Å². The number of aromatic nitrogens is 1. The Kier molecular flexibility index (Phi) is 5.82. The SMILES string of the molecule is CCCCCc1ccc(NC(=O)c2cc3c([nH]c2=O)CC(C)(C)CC3=O)cc1. The molecular weight excluding hydrogens is 352 g/mol. The predicted octanol–water partition coefficient (Wildman–Crippen LogP) is 4.52. The summed E-state index contributed by atoms with van der Waals surface area (Å²) in [5.41, 5.74) is 2.27. The molecule has 1 amide bonds. The number of unbranched alkanes of at least 4 members (excludes halogenated alkanes) is 2. The highest BCUT2D eigenvalue weighted by Crippen LogP contribution is 2.33. The molecule has 5 heteroatoms. The molecule has 1 aromatic carbocycles. The Morgan fingerprint density at radius 2 is 1.82 bits per heavy atom. The number of nitrogens with one attached hydrogen (secondary N) is 2. The van der Waals surface area contributed by atoms with Gasteiger partial charge in [0.1, 0.15) is 5.56 Å². The number of amides is 1. The molecule has 1 aliphatic carbocycles. The summed E-state index contributed by atoms with van der Waals surface area (Å²) in [6, 6.07) is 9.13. The minimum absolute atomic E-state index is 0.0289. The van der Waals surface area contributed by atoms with Gasteiger partial charge in [0.2, 0.25) is 0 Å². The van der Waals surface area contributed by atoms with E-state index in [2.05, 4.69) is 17.2 Å². The van der Waals surface area contributed by atoms with Crippen LogP contribution in [-0.2, 0) is 12.8 Å². The summed E-state index contributed by atoms with van der Waals surface area (Å²) in [5.74, 6) is -0.534. The molecule has 0 spiro atoms. The molecule has 0 radical (unpaired) electrons. The van der Waals surface area contributed by atoms with Gasteiger partial charge in [-0.1, -0.05) is 45.7 Å². The minimum Gasteiger partial charge on any atom is -0.325 e. The van der Waals surface area contributed by atoms with Crippen LogP contribution in [0, 0.1) is 5.41 Å². The van der Waals surface area contributed by atoms with Crippen LogP contribution in [0.4, 0.5) is 5.69 Å². The zero-order valence-electron chi connectivity index (χ0n) is 16.9. The summed E-state index contributed by atoms with van der Waals surface area (Å²) >= 11 is 0. The van der Waals surface area contributed by atoms with Crippen molar-refractivity contribution in [2.45, 2.75) is 59.3 Å². The lowest BCUT2D eigenvalue weighted by Crippen LogP contribution is -2.32. The van der Waals surface area contributed by atoms with E-state index in [0.717, 1.165) is 12.8 Å². The second kappa shape index (κ2) is 8.13. The largest absolute Gasteiger partial charge is 0.325 e.